The Bertz CT molecular complexity index is 1250. The zero-order chi connectivity index (χ0) is 24.8. The average Bonchev–Trinajstić information content (AvgIpc) is 2.86. The van der Waals surface area contributed by atoms with Crippen molar-refractivity contribution in [3.63, 3.8) is 0 Å². The third kappa shape index (κ3) is 6.63. The predicted molar refractivity (Wildman–Crippen MR) is 139 cm³/mol. The third-order valence-corrected chi connectivity index (χ3v) is 8.42. The molecule has 4 rings (SSSR count). The Balaban J connectivity index is 1.47. The largest absolute Gasteiger partial charge is 0.339 e. The second-order valence-electron chi connectivity index (χ2n) is 8.46. The van der Waals surface area contributed by atoms with Gasteiger partial charge in [-0.15, -0.1) is 0 Å². The Kier molecular flexibility index (Phi) is 8.46. The Hall–Kier alpha value is -2.42. The highest BCUT2D eigenvalue weighted by atomic mass is 35.5. The van der Waals surface area contributed by atoms with E-state index in [-0.39, 0.29) is 23.9 Å². The molecular formula is C26H27Cl2N3O3S. The molecule has 0 radical (unpaired) electrons. The Morgan fingerprint density at radius 3 is 2.11 bits per heavy atom. The maximum absolute atomic E-state index is 13.5. The minimum Gasteiger partial charge on any atom is -0.339 e. The number of benzene rings is 3. The third-order valence-electron chi connectivity index (χ3n) is 6.03. The van der Waals surface area contributed by atoms with Gasteiger partial charge in [0.05, 0.1) is 11.4 Å². The van der Waals surface area contributed by atoms with Crippen molar-refractivity contribution >= 4 is 39.1 Å². The molecule has 1 aliphatic rings. The number of halogens is 2. The number of amides is 1. The Labute approximate surface area is 216 Å². The highest BCUT2D eigenvalue weighted by Gasteiger charge is 2.30. The zero-order valence-electron chi connectivity index (χ0n) is 19.2. The second kappa shape index (κ2) is 11.5. The molecule has 9 heteroatoms. The van der Waals surface area contributed by atoms with E-state index in [1.807, 2.05) is 18.2 Å². The first-order valence-electron chi connectivity index (χ1n) is 11.4. The van der Waals surface area contributed by atoms with Crippen molar-refractivity contribution in [1.82, 2.24) is 14.1 Å². The van der Waals surface area contributed by atoms with E-state index in [4.69, 9.17) is 23.2 Å². The van der Waals surface area contributed by atoms with Crippen molar-refractivity contribution in [2.75, 3.05) is 32.7 Å². The van der Waals surface area contributed by atoms with Crippen molar-refractivity contribution in [1.29, 1.82) is 0 Å². The number of piperazine rings is 1. The molecule has 1 amide bonds. The lowest BCUT2D eigenvalue weighted by molar-refractivity contribution is -0.133. The van der Waals surface area contributed by atoms with E-state index < -0.39 is 10.0 Å². The van der Waals surface area contributed by atoms with Crippen molar-refractivity contribution in [3.05, 3.63) is 100 Å². The van der Waals surface area contributed by atoms with Gasteiger partial charge in [0.15, 0.2) is 0 Å². The number of rotatable bonds is 8. The van der Waals surface area contributed by atoms with E-state index in [0.29, 0.717) is 28.7 Å². The van der Waals surface area contributed by atoms with Gasteiger partial charge in [-0.1, -0.05) is 77.8 Å². The first kappa shape index (κ1) is 25.7. The number of carbonyl (C=O) groups is 1. The normalized spacial score (nSPS) is 14.9. The molecule has 1 heterocycles. The molecule has 3 aromatic carbocycles. The average molecular weight is 532 g/mol. The molecule has 1 aliphatic heterocycles. The summed E-state index contributed by atoms with van der Waals surface area (Å²) in [6, 6.07) is 23.2. The Morgan fingerprint density at radius 1 is 0.857 bits per heavy atom. The maximum atomic E-state index is 13.5. The summed E-state index contributed by atoms with van der Waals surface area (Å²) in [5.74, 6) is -0.228. The van der Waals surface area contributed by atoms with Crippen LogP contribution in [0.1, 0.15) is 11.1 Å². The van der Waals surface area contributed by atoms with Gasteiger partial charge in [0, 0.05) is 49.3 Å². The van der Waals surface area contributed by atoms with Crippen molar-refractivity contribution in [2.24, 2.45) is 0 Å². The summed E-state index contributed by atoms with van der Waals surface area (Å²) in [6.45, 7) is 3.08. The van der Waals surface area contributed by atoms with E-state index in [1.165, 1.54) is 22.0 Å². The number of sulfonamides is 1. The topological polar surface area (TPSA) is 60.9 Å². The van der Waals surface area contributed by atoms with Crippen LogP contribution in [-0.2, 0) is 27.9 Å². The quantitative estimate of drug-likeness (QED) is 0.428. The molecular weight excluding hydrogens is 505 g/mol. The molecule has 0 unspecified atom stereocenters. The highest BCUT2D eigenvalue weighted by molar-refractivity contribution is 7.89. The molecule has 0 saturated carbocycles. The summed E-state index contributed by atoms with van der Waals surface area (Å²) >= 11 is 12.3. The van der Waals surface area contributed by atoms with Gasteiger partial charge in [0.1, 0.15) is 0 Å². The molecule has 0 atom stereocenters. The molecule has 1 saturated heterocycles. The van der Waals surface area contributed by atoms with E-state index in [0.717, 1.165) is 19.6 Å². The van der Waals surface area contributed by atoms with Crippen LogP contribution < -0.4 is 0 Å². The molecule has 1 fully saturated rings. The minimum atomic E-state index is -3.93. The number of nitrogens with zero attached hydrogens (tertiary/aromatic N) is 3. The van der Waals surface area contributed by atoms with Crippen LogP contribution in [0.15, 0.2) is 83.8 Å². The molecule has 6 nitrogen and oxygen atoms in total. The monoisotopic (exact) mass is 531 g/mol. The molecule has 3 aromatic rings. The van der Waals surface area contributed by atoms with E-state index >= 15 is 0 Å². The predicted octanol–water partition coefficient (Wildman–Crippen LogP) is 4.53. The van der Waals surface area contributed by atoms with Crippen LogP contribution in [0, 0.1) is 0 Å². The van der Waals surface area contributed by atoms with Crippen LogP contribution >= 0.6 is 23.2 Å². The fourth-order valence-corrected chi connectivity index (χ4v) is 5.91. The van der Waals surface area contributed by atoms with Crippen LogP contribution in [0.2, 0.25) is 10.0 Å². The standard InChI is InChI=1S/C26H27Cl2N3O3S/c27-23-12-11-22(25(28)17-23)19-31(35(33,34)24-9-5-2-6-10-24)20-26(32)30-15-13-29(14-16-30)18-21-7-3-1-4-8-21/h1-12,17H,13-16,18-20H2. The summed E-state index contributed by atoms with van der Waals surface area (Å²) in [5, 5.41) is 0.813. The van der Waals surface area contributed by atoms with Gasteiger partial charge in [0.25, 0.3) is 0 Å². The van der Waals surface area contributed by atoms with E-state index in [9.17, 15) is 13.2 Å². The van der Waals surface area contributed by atoms with E-state index in [1.54, 1.807) is 41.3 Å². The molecule has 0 spiro atoms. The van der Waals surface area contributed by atoms with Gasteiger partial charge in [-0.25, -0.2) is 8.42 Å². The van der Waals surface area contributed by atoms with Gasteiger partial charge in [-0.3, -0.25) is 9.69 Å². The summed E-state index contributed by atoms with van der Waals surface area (Å²) < 4.78 is 28.1. The van der Waals surface area contributed by atoms with Crippen LogP contribution in [0.4, 0.5) is 0 Å². The van der Waals surface area contributed by atoms with Crippen molar-refractivity contribution < 1.29 is 13.2 Å². The number of hydrogen-bond donors (Lipinski definition) is 0. The number of hydrogen-bond acceptors (Lipinski definition) is 4. The first-order chi connectivity index (χ1) is 16.8. The summed E-state index contributed by atoms with van der Waals surface area (Å²) in [4.78, 5) is 17.4. The molecule has 0 aliphatic carbocycles. The van der Waals surface area contributed by atoms with Gasteiger partial charge >= 0.3 is 0 Å². The van der Waals surface area contributed by atoms with Crippen LogP contribution in [0.3, 0.4) is 0 Å². The van der Waals surface area contributed by atoms with Crippen LogP contribution in [0.5, 0.6) is 0 Å². The van der Waals surface area contributed by atoms with Gasteiger partial charge in [-0.2, -0.15) is 4.31 Å². The second-order valence-corrected chi connectivity index (χ2v) is 11.2. The smallest absolute Gasteiger partial charge is 0.243 e. The van der Waals surface area contributed by atoms with Gasteiger partial charge in [0.2, 0.25) is 15.9 Å². The lowest BCUT2D eigenvalue weighted by atomic mass is 10.2. The molecule has 184 valence electrons. The molecule has 35 heavy (non-hydrogen) atoms. The highest BCUT2D eigenvalue weighted by Crippen LogP contribution is 2.25. The fraction of sp³-hybridized carbons (Fsp3) is 0.269. The van der Waals surface area contributed by atoms with Crippen molar-refractivity contribution in [3.8, 4) is 0 Å². The molecule has 0 N–H and O–H groups in total. The summed E-state index contributed by atoms with van der Waals surface area (Å²) in [7, 11) is -3.93. The van der Waals surface area contributed by atoms with Crippen molar-refractivity contribution in [2.45, 2.75) is 18.0 Å². The van der Waals surface area contributed by atoms with Crippen LogP contribution in [-0.4, -0.2) is 61.2 Å². The first-order valence-corrected chi connectivity index (χ1v) is 13.6. The zero-order valence-corrected chi connectivity index (χ0v) is 21.5. The van der Waals surface area contributed by atoms with Crippen LogP contribution in [0.25, 0.3) is 0 Å². The Morgan fingerprint density at radius 2 is 1.49 bits per heavy atom. The van der Waals surface area contributed by atoms with E-state index in [2.05, 4.69) is 17.0 Å². The maximum Gasteiger partial charge on any atom is 0.243 e. The lowest BCUT2D eigenvalue weighted by Crippen LogP contribution is -2.51. The SMILES string of the molecule is O=C(CN(Cc1ccc(Cl)cc1Cl)S(=O)(=O)c1ccccc1)N1CCN(Cc2ccccc2)CC1. The summed E-state index contributed by atoms with van der Waals surface area (Å²) in [6.07, 6.45) is 0. The lowest BCUT2D eigenvalue weighted by Gasteiger charge is -2.35. The minimum absolute atomic E-state index is 0.0348. The van der Waals surface area contributed by atoms with Gasteiger partial charge < -0.3 is 4.90 Å². The molecule has 0 aromatic heterocycles. The molecule has 0 bridgehead atoms. The van der Waals surface area contributed by atoms with Gasteiger partial charge in [-0.05, 0) is 35.4 Å². The number of carbonyl (C=O) groups excluding carboxylic acids is 1. The fourth-order valence-electron chi connectivity index (χ4n) is 4.06. The summed E-state index contributed by atoms with van der Waals surface area (Å²) in [5.41, 5.74) is 1.81.